The van der Waals surface area contributed by atoms with Gasteiger partial charge in [0.1, 0.15) is 11.3 Å². The zero-order valence-corrected chi connectivity index (χ0v) is 11.3. The summed E-state index contributed by atoms with van der Waals surface area (Å²) in [6.07, 6.45) is 1.49. The minimum atomic E-state index is 0.256. The van der Waals surface area contributed by atoms with Crippen molar-refractivity contribution >= 4 is 16.8 Å². The molecule has 0 bridgehead atoms. The summed E-state index contributed by atoms with van der Waals surface area (Å²) in [5, 5.41) is 1.12. The van der Waals surface area contributed by atoms with Gasteiger partial charge in [-0.2, -0.15) is 0 Å². The van der Waals surface area contributed by atoms with Gasteiger partial charge < -0.3 is 4.42 Å². The Morgan fingerprint density at radius 1 is 1.05 bits per heavy atom. The number of ketones is 1. The Balaban J connectivity index is 1.87. The van der Waals surface area contributed by atoms with Gasteiger partial charge in [0.05, 0.1) is 0 Å². The number of benzene rings is 2. The fourth-order valence-corrected chi connectivity index (χ4v) is 2.96. The van der Waals surface area contributed by atoms with E-state index in [0.717, 1.165) is 45.4 Å². The third-order valence-corrected chi connectivity index (χ3v) is 4.05. The number of carbonyl (C=O) groups excluding carboxylic acids is 1. The molecule has 4 rings (SSSR count). The largest absolute Gasteiger partial charge is 0.456 e. The second-order valence-corrected chi connectivity index (χ2v) is 5.40. The van der Waals surface area contributed by atoms with Crippen LogP contribution >= 0.6 is 0 Å². The molecule has 98 valence electrons. The highest BCUT2D eigenvalue weighted by Gasteiger charge is 2.20. The van der Waals surface area contributed by atoms with Gasteiger partial charge >= 0.3 is 0 Å². The molecule has 1 aliphatic rings. The molecule has 2 nitrogen and oxygen atoms in total. The molecule has 0 spiro atoms. The number of aryl methyl sites for hydroxylation is 2. The van der Waals surface area contributed by atoms with Crippen molar-refractivity contribution in [1.29, 1.82) is 0 Å². The predicted molar refractivity (Wildman–Crippen MR) is 79.0 cm³/mol. The van der Waals surface area contributed by atoms with Gasteiger partial charge in [0.2, 0.25) is 0 Å². The van der Waals surface area contributed by atoms with Crippen LogP contribution in [0, 0.1) is 6.92 Å². The Labute approximate surface area is 117 Å². The number of hydrogen-bond donors (Lipinski definition) is 0. The molecule has 0 atom stereocenters. The van der Waals surface area contributed by atoms with Gasteiger partial charge in [-0.25, -0.2) is 0 Å². The topological polar surface area (TPSA) is 30.2 Å². The fourth-order valence-electron chi connectivity index (χ4n) is 2.96. The SMILES string of the molecule is Cc1cccc2cc(-c3ccc4c(c3)CCC4=O)oc12. The van der Waals surface area contributed by atoms with Crippen molar-refractivity contribution in [1.82, 2.24) is 0 Å². The lowest BCUT2D eigenvalue weighted by Gasteiger charge is -2.01. The number of fused-ring (bicyclic) bond motifs is 2. The highest BCUT2D eigenvalue weighted by Crippen LogP contribution is 2.32. The molecule has 1 heterocycles. The maximum Gasteiger partial charge on any atom is 0.163 e. The molecule has 0 saturated carbocycles. The molecule has 2 aromatic carbocycles. The smallest absolute Gasteiger partial charge is 0.163 e. The number of carbonyl (C=O) groups is 1. The second kappa shape index (κ2) is 4.07. The van der Waals surface area contributed by atoms with E-state index in [2.05, 4.69) is 31.2 Å². The quantitative estimate of drug-likeness (QED) is 0.644. The van der Waals surface area contributed by atoms with Gasteiger partial charge in [-0.1, -0.05) is 30.3 Å². The van der Waals surface area contributed by atoms with E-state index in [0.29, 0.717) is 6.42 Å². The minimum absolute atomic E-state index is 0.256. The second-order valence-electron chi connectivity index (χ2n) is 5.40. The zero-order chi connectivity index (χ0) is 13.7. The van der Waals surface area contributed by atoms with Gasteiger partial charge in [-0.3, -0.25) is 4.79 Å². The molecule has 1 aromatic heterocycles. The van der Waals surface area contributed by atoms with Crippen molar-refractivity contribution < 1.29 is 9.21 Å². The van der Waals surface area contributed by atoms with E-state index >= 15 is 0 Å². The fraction of sp³-hybridized carbons (Fsp3) is 0.167. The first-order chi connectivity index (χ1) is 9.72. The maximum absolute atomic E-state index is 11.7. The molecule has 0 fully saturated rings. The zero-order valence-electron chi connectivity index (χ0n) is 11.3. The number of rotatable bonds is 1. The molecule has 0 unspecified atom stereocenters. The highest BCUT2D eigenvalue weighted by atomic mass is 16.3. The summed E-state index contributed by atoms with van der Waals surface area (Å²) in [6, 6.07) is 14.2. The number of para-hydroxylation sites is 1. The Morgan fingerprint density at radius 3 is 2.80 bits per heavy atom. The Morgan fingerprint density at radius 2 is 1.95 bits per heavy atom. The van der Waals surface area contributed by atoms with E-state index in [-0.39, 0.29) is 5.78 Å². The average molecular weight is 262 g/mol. The molecule has 2 heteroatoms. The molecule has 3 aromatic rings. The number of furan rings is 1. The van der Waals surface area contributed by atoms with Crippen molar-refractivity contribution in [3.63, 3.8) is 0 Å². The molecule has 0 radical (unpaired) electrons. The lowest BCUT2D eigenvalue weighted by Crippen LogP contribution is -1.90. The molecule has 0 amide bonds. The van der Waals surface area contributed by atoms with Crippen LogP contribution < -0.4 is 0 Å². The summed E-state index contributed by atoms with van der Waals surface area (Å²) in [4.78, 5) is 11.7. The molecule has 0 aliphatic heterocycles. The average Bonchev–Trinajstić information content (AvgIpc) is 3.04. The molecular weight excluding hydrogens is 248 g/mol. The van der Waals surface area contributed by atoms with Crippen molar-refractivity contribution in [2.45, 2.75) is 19.8 Å². The Bertz CT molecular complexity index is 840. The molecule has 0 saturated heterocycles. The van der Waals surface area contributed by atoms with Gasteiger partial charge in [0.15, 0.2) is 5.78 Å². The highest BCUT2D eigenvalue weighted by molar-refractivity contribution is 6.01. The van der Waals surface area contributed by atoms with Gasteiger partial charge in [-0.15, -0.1) is 0 Å². The Kier molecular flexibility index (Phi) is 2.34. The van der Waals surface area contributed by atoms with Crippen LogP contribution in [0.1, 0.15) is 27.9 Å². The van der Waals surface area contributed by atoms with Crippen LogP contribution in [0.5, 0.6) is 0 Å². The maximum atomic E-state index is 11.7. The summed E-state index contributed by atoms with van der Waals surface area (Å²) >= 11 is 0. The lowest BCUT2D eigenvalue weighted by atomic mass is 10.0. The van der Waals surface area contributed by atoms with E-state index < -0.39 is 0 Å². The van der Waals surface area contributed by atoms with Crippen molar-refractivity contribution in [2.24, 2.45) is 0 Å². The molecule has 1 aliphatic carbocycles. The van der Waals surface area contributed by atoms with E-state index in [1.54, 1.807) is 0 Å². The summed E-state index contributed by atoms with van der Waals surface area (Å²) in [7, 11) is 0. The van der Waals surface area contributed by atoms with Gasteiger partial charge in [0, 0.05) is 22.9 Å². The predicted octanol–water partition coefficient (Wildman–Crippen LogP) is 4.54. The van der Waals surface area contributed by atoms with Crippen LogP contribution in [0.25, 0.3) is 22.3 Å². The molecule has 20 heavy (non-hydrogen) atoms. The lowest BCUT2D eigenvalue weighted by molar-refractivity contribution is 0.0994. The normalized spacial score (nSPS) is 13.9. The summed E-state index contributed by atoms with van der Waals surface area (Å²) < 4.78 is 5.99. The van der Waals surface area contributed by atoms with Crippen LogP contribution in [0.4, 0.5) is 0 Å². The van der Waals surface area contributed by atoms with Crippen molar-refractivity contribution in [3.8, 4) is 11.3 Å². The number of Topliss-reactive ketones (excluding diaryl/α,β-unsaturated/α-hetero) is 1. The monoisotopic (exact) mass is 262 g/mol. The third-order valence-electron chi connectivity index (χ3n) is 4.05. The summed E-state index contributed by atoms with van der Waals surface area (Å²) in [6.45, 7) is 2.05. The standard InChI is InChI=1S/C18H14O2/c1-11-3-2-4-14-10-17(20-18(11)14)13-5-7-15-12(9-13)6-8-16(15)19/h2-5,7,9-10H,6,8H2,1H3. The van der Waals surface area contributed by atoms with E-state index in [4.69, 9.17) is 4.42 Å². The van der Waals surface area contributed by atoms with Gasteiger partial charge in [-0.05, 0) is 36.6 Å². The van der Waals surface area contributed by atoms with Gasteiger partial charge in [0.25, 0.3) is 0 Å². The first-order valence-electron chi connectivity index (χ1n) is 6.88. The third kappa shape index (κ3) is 1.61. The van der Waals surface area contributed by atoms with E-state index in [9.17, 15) is 4.79 Å². The summed E-state index contributed by atoms with van der Waals surface area (Å²) in [5.74, 6) is 1.13. The molecular formula is C18H14O2. The first kappa shape index (κ1) is 11.5. The van der Waals surface area contributed by atoms with Crippen molar-refractivity contribution in [2.75, 3.05) is 0 Å². The van der Waals surface area contributed by atoms with Crippen LogP contribution in [0.15, 0.2) is 46.9 Å². The minimum Gasteiger partial charge on any atom is -0.456 e. The summed E-state index contributed by atoms with van der Waals surface area (Å²) in [5.41, 5.74) is 5.16. The van der Waals surface area contributed by atoms with Crippen molar-refractivity contribution in [3.05, 3.63) is 59.2 Å². The van der Waals surface area contributed by atoms with E-state index in [1.165, 1.54) is 0 Å². The Hall–Kier alpha value is -2.35. The molecule has 0 N–H and O–H groups in total. The van der Waals surface area contributed by atoms with Crippen LogP contribution in [0.2, 0.25) is 0 Å². The first-order valence-corrected chi connectivity index (χ1v) is 6.88. The number of hydrogen-bond acceptors (Lipinski definition) is 2. The van der Waals surface area contributed by atoms with Crippen LogP contribution in [0.3, 0.4) is 0 Å². The van der Waals surface area contributed by atoms with E-state index in [1.807, 2.05) is 18.2 Å². The van der Waals surface area contributed by atoms with Crippen LogP contribution in [-0.4, -0.2) is 5.78 Å². The van der Waals surface area contributed by atoms with Crippen LogP contribution in [-0.2, 0) is 6.42 Å².